The molecular weight excluding hydrogens is 462 g/mol. The van der Waals surface area contributed by atoms with E-state index in [1.807, 2.05) is 0 Å². The molecule has 3 aromatic rings. The Hall–Kier alpha value is -3.36. The van der Waals surface area contributed by atoms with Gasteiger partial charge in [0.15, 0.2) is 47.0 Å². The van der Waals surface area contributed by atoms with Crippen LogP contribution in [0.1, 0.15) is 42.9 Å². The summed E-state index contributed by atoms with van der Waals surface area (Å²) in [6, 6.07) is 7.42. The predicted molar refractivity (Wildman–Crippen MR) is 113 cm³/mol. The highest BCUT2D eigenvalue weighted by atomic mass is 19.2. The first kappa shape index (κ1) is 23.8. The largest absolute Gasteiger partial charge is 0.491 e. The first-order valence-corrected chi connectivity index (χ1v) is 10.6. The lowest BCUT2D eigenvalue weighted by molar-refractivity contribution is 0.157. The van der Waals surface area contributed by atoms with E-state index in [2.05, 4.69) is 0 Å². The lowest BCUT2D eigenvalue weighted by Crippen LogP contribution is -2.16. The molecule has 0 radical (unpaired) electrons. The molecule has 1 aliphatic rings. The van der Waals surface area contributed by atoms with Gasteiger partial charge in [0.1, 0.15) is 6.61 Å². The average Bonchev–Trinajstić information content (AvgIpc) is 2.82. The summed E-state index contributed by atoms with van der Waals surface area (Å²) < 4.78 is 104. The van der Waals surface area contributed by atoms with Crippen LogP contribution in [-0.4, -0.2) is 13.2 Å². The topological polar surface area (TPSA) is 27.7 Å². The number of fused-ring (bicyclic) bond motifs is 3. The molecule has 9 heteroatoms. The van der Waals surface area contributed by atoms with Gasteiger partial charge >= 0.3 is 0 Å². The summed E-state index contributed by atoms with van der Waals surface area (Å²) >= 11 is 0. The lowest BCUT2D eigenvalue weighted by Gasteiger charge is -2.28. The van der Waals surface area contributed by atoms with Crippen molar-refractivity contribution in [3.05, 3.63) is 76.4 Å². The maximum absolute atomic E-state index is 15.2. The second-order valence-electron chi connectivity index (χ2n) is 7.49. The quantitative estimate of drug-likeness (QED) is 0.330. The van der Waals surface area contributed by atoms with E-state index in [-0.39, 0.29) is 41.4 Å². The number of hydrogen-bond donors (Lipinski definition) is 0. The van der Waals surface area contributed by atoms with Crippen LogP contribution in [0.25, 0.3) is 11.1 Å². The van der Waals surface area contributed by atoms with Crippen LogP contribution in [0, 0.1) is 23.3 Å². The van der Waals surface area contributed by atoms with Gasteiger partial charge in [-0.25, -0.2) is 22.0 Å². The van der Waals surface area contributed by atoms with E-state index in [1.165, 1.54) is 30.3 Å². The van der Waals surface area contributed by atoms with Crippen molar-refractivity contribution >= 4 is 0 Å². The van der Waals surface area contributed by atoms with Gasteiger partial charge in [0.25, 0.3) is 0 Å². The number of benzene rings is 3. The molecule has 2 atom stereocenters. The Morgan fingerprint density at radius 2 is 1.03 bits per heavy atom. The molecule has 3 nitrogen and oxygen atoms in total. The van der Waals surface area contributed by atoms with Gasteiger partial charge < -0.3 is 14.2 Å². The molecule has 2 unspecified atom stereocenters. The second kappa shape index (κ2) is 9.48. The van der Waals surface area contributed by atoms with Crippen molar-refractivity contribution in [1.82, 2.24) is 0 Å². The van der Waals surface area contributed by atoms with Crippen LogP contribution in [0.4, 0.5) is 26.3 Å². The molecule has 0 heterocycles. The first-order chi connectivity index (χ1) is 16.3. The van der Waals surface area contributed by atoms with Crippen LogP contribution in [-0.2, 0) is 6.61 Å². The normalized spacial score (nSPS) is 16.6. The number of ether oxygens (including phenoxy) is 3. The van der Waals surface area contributed by atoms with Crippen LogP contribution in [0.15, 0.2) is 36.4 Å². The van der Waals surface area contributed by atoms with Gasteiger partial charge in [-0.1, -0.05) is 12.1 Å². The number of halogens is 6. The monoisotopic (exact) mass is 482 g/mol. The zero-order chi connectivity index (χ0) is 24.6. The third kappa shape index (κ3) is 3.93. The van der Waals surface area contributed by atoms with Crippen LogP contribution in [0.2, 0.25) is 0 Å². The van der Waals surface area contributed by atoms with Gasteiger partial charge in [-0.15, -0.1) is 0 Å². The Bertz CT molecular complexity index is 1230. The van der Waals surface area contributed by atoms with Crippen molar-refractivity contribution in [3.8, 4) is 28.4 Å². The van der Waals surface area contributed by atoms with E-state index in [0.717, 1.165) is 6.07 Å². The highest BCUT2D eigenvalue weighted by Crippen LogP contribution is 2.52. The maximum Gasteiger partial charge on any atom is 0.201 e. The summed E-state index contributed by atoms with van der Waals surface area (Å²) in [6.07, 6.45) is -5.00. The van der Waals surface area contributed by atoms with Crippen molar-refractivity contribution < 1.29 is 40.6 Å². The Morgan fingerprint density at radius 3 is 1.53 bits per heavy atom. The van der Waals surface area contributed by atoms with Gasteiger partial charge in [-0.2, -0.15) is 4.39 Å². The van der Waals surface area contributed by atoms with Gasteiger partial charge in [0.2, 0.25) is 5.82 Å². The Kier molecular flexibility index (Phi) is 6.63. The van der Waals surface area contributed by atoms with Gasteiger partial charge in [0, 0.05) is 16.7 Å². The summed E-state index contributed by atoms with van der Waals surface area (Å²) in [5, 5.41) is 0. The summed E-state index contributed by atoms with van der Waals surface area (Å²) in [6.45, 7) is 2.90. The highest BCUT2D eigenvalue weighted by molar-refractivity contribution is 5.76. The SMILES string of the molecule is CCOc1ccc(COc2ccc3c(c2F)C(F)C(F)c2c-3ccc(OCC)c2F)c(F)c1F. The number of rotatable bonds is 7. The van der Waals surface area contributed by atoms with E-state index in [0.29, 0.717) is 0 Å². The fourth-order valence-corrected chi connectivity index (χ4v) is 3.93. The summed E-state index contributed by atoms with van der Waals surface area (Å²) in [5.74, 6) is -5.71. The minimum Gasteiger partial charge on any atom is -0.491 e. The van der Waals surface area contributed by atoms with E-state index in [1.54, 1.807) is 13.8 Å². The van der Waals surface area contributed by atoms with Crippen molar-refractivity contribution in [1.29, 1.82) is 0 Å². The van der Waals surface area contributed by atoms with Crippen LogP contribution in [0.5, 0.6) is 17.2 Å². The van der Waals surface area contributed by atoms with Crippen molar-refractivity contribution in [2.45, 2.75) is 32.8 Å². The first-order valence-electron chi connectivity index (χ1n) is 10.6. The van der Waals surface area contributed by atoms with Crippen molar-refractivity contribution in [3.63, 3.8) is 0 Å². The number of alkyl halides is 2. The smallest absolute Gasteiger partial charge is 0.201 e. The van der Waals surface area contributed by atoms with Gasteiger partial charge in [0.05, 0.1) is 13.2 Å². The Balaban J connectivity index is 1.68. The molecule has 0 bridgehead atoms. The van der Waals surface area contributed by atoms with E-state index < -0.39 is 59.1 Å². The molecule has 180 valence electrons. The summed E-state index contributed by atoms with van der Waals surface area (Å²) in [5.41, 5.74) is -1.47. The molecule has 0 aliphatic heterocycles. The van der Waals surface area contributed by atoms with E-state index >= 15 is 4.39 Å². The molecule has 0 N–H and O–H groups in total. The molecule has 0 saturated carbocycles. The minimum absolute atomic E-state index is 0.0116. The third-order valence-corrected chi connectivity index (χ3v) is 5.50. The zero-order valence-corrected chi connectivity index (χ0v) is 18.2. The molecule has 34 heavy (non-hydrogen) atoms. The van der Waals surface area contributed by atoms with E-state index in [4.69, 9.17) is 14.2 Å². The molecule has 0 fully saturated rings. The molecular formula is C25H20F6O3. The maximum atomic E-state index is 15.2. The molecule has 0 aromatic heterocycles. The third-order valence-electron chi connectivity index (χ3n) is 5.50. The molecule has 0 saturated heterocycles. The Labute approximate surface area is 191 Å². The minimum atomic E-state index is -2.52. The standard InChI is InChI=1S/C25H20F6O3/c1-3-32-15-9-6-13-14-7-10-16(22(28)19(14)25(31)24(30)18(13)21(15)27)34-11-12-5-8-17(33-4-2)23(29)20(12)26/h5-10,24-25H,3-4,11H2,1-2H3. The average molecular weight is 482 g/mol. The second-order valence-corrected chi connectivity index (χ2v) is 7.49. The van der Waals surface area contributed by atoms with Crippen LogP contribution in [0.3, 0.4) is 0 Å². The molecule has 0 amide bonds. The van der Waals surface area contributed by atoms with E-state index in [9.17, 15) is 22.0 Å². The predicted octanol–water partition coefficient (Wildman–Crippen LogP) is 7.32. The summed E-state index contributed by atoms with van der Waals surface area (Å²) in [7, 11) is 0. The van der Waals surface area contributed by atoms with Crippen LogP contribution >= 0.6 is 0 Å². The molecule has 4 rings (SSSR count). The Morgan fingerprint density at radius 1 is 0.588 bits per heavy atom. The summed E-state index contributed by atoms with van der Waals surface area (Å²) in [4.78, 5) is 0. The van der Waals surface area contributed by atoms with Gasteiger partial charge in [-0.3, -0.25) is 0 Å². The molecule has 0 spiro atoms. The fourth-order valence-electron chi connectivity index (χ4n) is 3.93. The van der Waals surface area contributed by atoms with Crippen LogP contribution < -0.4 is 14.2 Å². The number of hydrogen-bond acceptors (Lipinski definition) is 3. The van der Waals surface area contributed by atoms with Gasteiger partial charge in [-0.05, 0) is 49.2 Å². The molecule has 1 aliphatic carbocycles. The zero-order valence-electron chi connectivity index (χ0n) is 18.2. The lowest BCUT2D eigenvalue weighted by atomic mass is 9.82. The fraction of sp³-hybridized carbons (Fsp3) is 0.280. The molecule has 3 aromatic carbocycles. The highest BCUT2D eigenvalue weighted by Gasteiger charge is 2.40. The van der Waals surface area contributed by atoms with Crippen molar-refractivity contribution in [2.75, 3.05) is 13.2 Å². The van der Waals surface area contributed by atoms with Crippen molar-refractivity contribution in [2.24, 2.45) is 0 Å².